The third-order valence-corrected chi connectivity index (χ3v) is 5.63. The van der Waals surface area contributed by atoms with Gasteiger partial charge in [0, 0.05) is 24.8 Å². The van der Waals surface area contributed by atoms with Crippen LogP contribution in [0.25, 0.3) is 21.8 Å². The summed E-state index contributed by atoms with van der Waals surface area (Å²) in [6.45, 7) is 0.611. The number of nitrogens with two attached hydrogens (primary N) is 1. The van der Waals surface area contributed by atoms with Gasteiger partial charge in [-0.2, -0.15) is 5.26 Å². The van der Waals surface area contributed by atoms with Gasteiger partial charge in [0.05, 0.1) is 11.6 Å². The van der Waals surface area contributed by atoms with Crippen molar-refractivity contribution in [3.05, 3.63) is 82.6 Å². The quantitative estimate of drug-likeness (QED) is 0.474. The number of rotatable bonds is 7. The van der Waals surface area contributed by atoms with Crippen LogP contribution in [0.15, 0.2) is 64.6 Å². The minimum Gasteiger partial charge on any atom is -0.369 e. The monoisotopic (exact) mass is 416 g/mol. The number of hydrogen-bond donors (Lipinski definition) is 1. The number of ether oxygens (including phenoxy) is 1. The number of benzene rings is 2. The molecule has 0 bridgehead atoms. The van der Waals surface area contributed by atoms with Crippen molar-refractivity contribution >= 4 is 11.3 Å². The van der Waals surface area contributed by atoms with Crippen molar-refractivity contribution in [3.8, 4) is 27.9 Å². The molecule has 2 N–H and O–H groups in total. The fourth-order valence-electron chi connectivity index (χ4n) is 3.39. The Bertz CT molecular complexity index is 1160. The van der Waals surface area contributed by atoms with E-state index >= 15 is 0 Å². The second kappa shape index (κ2) is 9.01. The molecular formula is C23H20N4O2S. The molecule has 2 heterocycles. The summed E-state index contributed by atoms with van der Waals surface area (Å²) < 4.78 is 11.4. The van der Waals surface area contributed by atoms with Crippen molar-refractivity contribution in [3.63, 3.8) is 0 Å². The van der Waals surface area contributed by atoms with Gasteiger partial charge in [-0.15, -0.1) is 11.3 Å². The van der Waals surface area contributed by atoms with E-state index in [0.29, 0.717) is 23.6 Å². The minimum absolute atomic E-state index is 0.516. The average molecular weight is 417 g/mol. The second-order valence-corrected chi connectivity index (χ2v) is 7.61. The Labute approximate surface area is 178 Å². The predicted octanol–water partition coefficient (Wildman–Crippen LogP) is 4.57. The molecule has 1 atom stereocenters. The maximum atomic E-state index is 9.43. The summed E-state index contributed by atoms with van der Waals surface area (Å²) in [6, 6.07) is 17.9. The number of nitriles is 1. The van der Waals surface area contributed by atoms with Gasteiger partial charge in [0.2, 0.25) is 0 Å². The van der Waals surface area contributed by atoms with E-state index in [1.165, 1.54) is 16.9 Å². The molecule has 2 aromatic heterocycles. The number of nitrogens with zero attached hydrogens (tertiary/aromatic N) is 3. The number of hydrogen-bond acceptors (Lipinski definition) is 7. The van der Waals surface area contributed by atoms with Crippen LogP contribution in [0.5, 0.6) is 0 Å². The van der Waals surface area contributed by atoms with Crippen LogP contribution in [0.1, 0.15) is 28.6 Å². The van der Waals surface area contributed by atoms with Crippen LogP contribution in [0.4, 0.5) is 0 Å². The normalized spacial score (nSPS) is 11.9. The lowest BCUT2D eigenvalue weighted by Gasteiger charge is -2.18. The highest BCUT2D eigenvalue weighted by Gasteiger charge is 2.24. The number of aromatic nitrogens is 2. The predicted molar refractivity (Wildman–Crippen MR) is 116 cm³/mol. The maximum absolute atomic E-state index is 9.43. The first-order chi connectivity index (χ1) is 14.7. The van der Waals surface area contributed by atoms with E-state index in [0.717, 1.165) is 28.1 Å². The lowest BCUT2D eigenvalue weighted by molar-refractivity contribution is 0.110. The molecule has 0 spiro atoms. The van der Waals surface area contributed by atoms with Gasteiger partial charge in [-0.25, -0.2) is 4.98 Å². The average Bonchev–Trinajstić information content (AvgIpc) is 3.47. The molecule has 0 fully saturated rings. The van der Waals surface area contributed by atoms with Crippen LogP contribution in [0.3, 0.4) is 0 Å². The molecule has 0 aliphatic heterocycles. The summed E-state index contributed by atoms with van der Waals surface area (Å²) in [5.41, 5.74) is 10.9. The van der Waals surface area contributed by atoms with Gasteiger partial charge in [-0.1, -0.05) is 35.5 Å². The molecule has 30 heavy (non-hydrogen) atoms. The van der Waals surface area contributed by atoms with Crippen molar-refractivity contribution < 1.29 is 9.26 Å². The molecule has 4 rings (SSSR count). The van der Waals surface area contributed by atoms with E-state index in [-0.39, 0.29) is 0 Å². The van der Waals surface area contributed by atoms with Crippen molar-refractivity contribution in [2.24, 2.45) is 5.73 Å². The summed E-state index contributed by atoms with van der Waals surface area (Å²) in [5.74, 6) is 0.554. The minimum atomic E-state index is -0.516. The lowest BCUT2D eigenvalue weighted by atomic mass is 9.92. The van der Waals surface area contributed by atoms with E-state index in [1.807, 2.05) is 23.6 Å². The third kappa shape index (κ3) is 4.02. The fraction of sp³-hybridized carbons (Fsp3) is 0.174. The van der Waals surface area contributed by atoms with Crippen LogP contribution in [-0.2, 0) is 11.2 Å². The molecule has 2 aromatic carbocycles. The molecule has 0 saturated heterocycles. The Hall–Kier alpha value is -3.31. The Kier molecular flexibility index (Phi) is 6.00. The zero-order chi connectivity index (χ0) is 20.9. The van der Waals surface area contributed by atoms with Crippen molar-refractivity contribution in [1.82, 2.24) is 10.1 Å². The highest BCUT2D eigenvalue weighted by Crippen LogP contribution is 2.36. The first kappa shape index (κ1) is 20.0. The summed E-state index contributed by atoms with van der Waals surface area (Å²) in [5, 5.41) is 16.2. The molecule has 150 valence electrons. The standard InChI is InChI=1S/C23H20N4O2S/c1-28-22(21-13-20(27-29-21)23-26-10-11-30-23)19-12-16(14-25)4-7-18(19)17-5-2-15(3-6-17)8-9-24/h2-7,10-13,22H,8-9,24H2,1H3. The third-order valence-electron chi connectivity index (χ3n) is 4.84. The van der Waals surface area contributed by atoms with Crippen molar-refractivity contribution in [2.75, 3.05) is 13.7 Å². The largest absolute Gasteiger partial charge is 0.369 e. The molecule has 4 aromatic rings. The van der Waals surface area contributed by atoms with Crippen molar-refractivity contribution in [2.45, 2.75) is 12.5 Å². The van der Waals surface area contributed by atoms with Crippen LogP contribution in [-0.4, -0.2) is 23.8 Å². The van der Waals surface area contributed by atoms with Gasteiger partial charge in [0.25, 0.3) is 0 Å². The molecule has 0 aliphatic rings. The van der Waals surface area contributed by atoms with Gasteiger partial charge in [0.1, 0.15) is 16.8 Å². The Morgan fingerprint density at radius 3 is 2.70 bits per heavy atom. The van der Waals surface area contributed by atoms with E-state index in [2.05, 4.69) is 40.5 Å². The molecule has 0 saturated carbocycles. The SMILES string of the molecule is COC(c1cc(-c2nccs2)no1)c1cc(C#N)ccc1-c1ccc(CCN)cc1. The molecule has 7 heteroatoms. The first-order valence-electron chi connectivity index (χ1n) is 9.46. The van der Waals surface area contributed by atoms with E-state index in [9.17, 15) is 5.26 Å². The van der Waals surface area contributed by atoms with Crippen molar-refractivity contribution in [1.29, 1.82) is 5.26 Å². The Morgan fingerprint density at radius 2 is 2.03 bits per heavy atom. The topological polar surface area (TPSA) is 98.0 Å². The van der Waals surface area contributed by atoms with Crippen LogP contribution >= 0.6 is 11.3 Å². The van der Waals surface area contributed by atoms with E-state index in [1.54, 1.807) is 19.4 Å². The molecule has 0 amide bonds. The van der Waals surface area contributed by atoms with Gasteiger partial charge in [-0.3, -0.25) is 0 Å². The van der Waals surface area contributed by atoms with Gasteiger partial charge >= 0.3 is 0 Å². The van der Waals surface area contributed by atoms with Crippen LogP contribution in [0, 0.1) is 11.3 Å². The molecule has 1 unspecified atom stereocenters. The fourth-order valence-corrected chi connectivity index (χ4v) is 3.98. The van der Waals surface area contributed by atoms with Crippen LogP contribution < -0.4 is 5.73 Å². The van der Waals surface area contributed by atoms with E-state index in [4.69, 9.17) is 15.0 Å². The van der Waals surface area contributed by atoms with Gasteiger partial charge in [-0.05, 0) is 47.4 Å². The number of methoxy groups -OCH3 is 1. The molecule has 0 aliphatic carbocycles. The number of thiazole rings is 1. The van der Waals surface area contributed by atoms with Gasteiger partial charge < -0.3 is 15.0 Å². The summed E-state index contributed by atoms with van der Waals surface area (Å²) in [4.78, 5) is 4.28. The zero-order valence-electron chi connectivity index (χ0n) is 16.4. The first-order valence-corrected chi connectivity index (χ1v) is 10.3. The highest BCUT2D eigenvalue weighted by molar-refractivity contribution is 7.13. The van der Waals surface area contributed by atoms with Crippen LogP contribution in [0.2, 0.25) is 0 Å². The molecular weight excluding hydrogens is 396 g/mol. The highest BCUT2D eigenvalue weighted by atomic mass is 32.1. The van der Waals surface area contributed by atoms with E-state index < -0.39 is 6.10 Å². The molecule has 6 nitrogen and oxygen atoms in total. The lowest BCUT2D eigenvalue weighted by Crippen LogP contribution is -2.05. The maximum Gasteiger partial charge on any atom is 0.170 e. The molecule has 0 radical (unpaired) electrons. The summed E-state index contributed by atoms with van der Waals surface area (Å²) in [6.07, 6.45) is 2.04. The van der Waals surface area contributed by atoms with Gasteiger partial charge in [0.15, 0.2) is 5.76 Å². The second-order valence-electron chi connectivity index (χ2n) is 6.72. The zero-order valence-corrected chi connectivity index (χ0v) is 17.2. The smallest absolute Gasteiger partial charge is 0.170 e. The Balaban J connectivity index is 1.76. The summed E-state index contributed by atoms with van der Waals surface area (Å²) >= 11 is 1.49. The Morgan fingerprint density at radius 1 is 1.20 bits per heavy atom. The summed E-state index contributed by atoms with van der Waals surface area (Å²) in [7, 11) is 1.61.